The minimum Gasteiger partial charge on any atom is -0.322 e. The number of hydrogen-bond donors (Lipinski definition) is 1. The number of amides is 1. The Morgan fingerprint density at radius 3 is 2.57 bits per heavy atom. The summed E-state index contributed by atoms with van der Waals surface area (Å²) < 4.78 is 25.0. The van der Waals surface area contributed by atoms with E-state index in [2.05, 4.69) is 10.3 Å². The normalized spacial score (nSPS) is 11.2. The fraction of sp³-hybridized carbons (Fsp3) is 0.0588. The molecule has 2 aromatic carbocycles. The molecule has 0 saturated heterocycles. The monoisotopic (exact) mass is 420 g/mol. The number of aromatic nitrogens is 2. The van der Waals surface area contributed by atoms with E-state index in [4.69, 9.17) is 11.6 Å². The van der Waals surface area contributed by atoms with Crippen LogP contribution in [0.4, 0.5) is 11.4 Å². The van der Waals surface area contributed by atoms with Gasteiger partial charge in [-0.25, -0.2) is 13.4 Å². The summed E-state index contributed by atoms with van der Waals surface area (Å²) in [5, 5.41) is 14.1. The Bertz CT molecular complexity index is 1180. The predicted molar refractivity (Wildman–Crippen MR) is 103 cm³/mol. The lowest BCUT2D eigenvalue weighted by atomic mass is 10.2. The van der Waals surface area contributed by atoms with Gasteiger partial charge in [0.1, 0.15) is 4.90 Å². The molecule has 0 fully saturated rings. The summed E-state index contributed by atoms with van der Waals surface area (Å²) >= 11 is 6.23. The molecule has 0 aliphatic rings. The first-order valence-electron chi connectivity index (χ1n) is 7.74. The number of carbonyl (C=O) groups excluding carboxylic acids is 1. The highest BCUT2D eigenvalue weighted by Gasteiger charge is 2.24. The lowest BCUT2D eigenvalue weighted by Crippen LogP contribution is -2.13. The van der Waals surface area contributed by atoms with Crippen LogP contribution >= 0.6 is 11.6 Å². The number of benzene rings is 2. The number of nitrogens with zero attached hydrogens (tertiary/aromatic N) is 3. The molecule has 28 heavy (non-hydrogen) atoms. The summed E-state index contributed by atoms with van der Waals surface area (Å²) in [6, 6.07) is 7.98. The molecule has 0 radical (unpaired) electrons. The number of halogens is 1. The molecule has 144 valence electrons. The number of carbonyl (C=O) groups is 1. The maximum atomic E-state index is 12.4. The second-order valence-corrected chi connectivity index (χ2v) is 8.19. The second kappa shape index (κ2) is 7.41. The number of anilines is 1. The van der Waals surface area contributed by atoms with Crippen molar-refractivity contribution >= 4 is 38.7 Å². The van der Waals surface area contributed by atoms with Gasteiger partial charge in [-0.1, -0.05) is 11.6 Å². The van der Waals surface area contributed by atoms with Crippen molar-refractivity contribution in [3.8, 4) is 5.69 Å². The van der Waals surface area contributed by atoms with Crippen LogP contribution in [0.2, 0.25) is 5.02 Å². The molecule has 1 heterocycles. The first-order chi connectivity index (χ1) is 13.2. The Hall–Kier alpha value is -3.24. The molecular formula is C17H13ClN4O5S. The largest absolute Gasteiger partial charge is 0.322 e. The van der Waals surface area contributed by atoms with Gasteiger partial charge in [0.15, 0.2) is 9.84 Å². The number of sulfone groups is 1. The van der Waals surface area contributed by atoms with Gasteiger partial charge in [0.05, 0.1) is 22.0 Å². The average Bonchev–Trinajstić information content (AvgIpc) is 3.14. The lowest BCUT2D eigenvalue weighted by Gasteiger charge is -2.10. The van der Waals surface area contributed by atoms with E-state index in [0.29, 0.717) is 16.4 Å². The van der Waals surface area contributed by atoms with Crippen molar-refractivity contribution in [2.45, 2.75) is 4.90 Å². The molecule has 1 amide bonds. The van der Waals surface area contributed by atoms with Crippen LogP contribution in [0, 0.1) is 10.1 Å². The summed E-state index contributed by atoms with van der Waals surface area (Å²) in [6.45, 7) is 0. The molecule has 3 rings (SSSR count). The number of hydrogen-bond acceptors (Lipinski definition) is 6. The Labute approximate surface area is 164 Å². The lowest BCUT2D eigenvalue weighted by molar-refractivity contribution is -0.387. The quantitative estimate of drug-likeness (QED) is 0.499. The van der Waals surface area contributed by atoms with E-state index >= 15 is 0 Å². The minimum atomic E-state index is -3.81. The van der Waals surface area contributed by atoms with Crippen LogP contribution in [0.25, 0.3) is 5.69 Å². The number of nitro benzene ring substituents is 1. The number of nitro groups is 1. The summed E-state index contributed by atoms with van der Waals surface area (Å²) in [7, 11) is -3.81. The SMILES string of the molecule is CS(=O)(=O)c1ccc(C(=O)Nc2ccc(-n3ccnc3)c(Cl)c2)cc1[N+](=O)[O-]. The second-order valence-electron chi connectivity index (χ2n) is 5.80. The molecule has 0 atom stereocenters. The van der Waals surface area contributed by atoms with Crippen molar-refractivity contribution < 1.29 is 18.1 Å². The first kappa shape index (κ1) is 19.5. The number of imidazole rings is 1. The van der Waals surface area contributed by atoms with E-state index in [-0.39, 0.29) is 5.56 Å². The smallest absolute Gasteiger partial charge is 0.288 e. The van der Waals surface area contributed by atoms with Crippen LogP contribution in [0.15, 0.2) is 60.0 Å². The zero-order valence-electron chi connectivity index (χ0n) is 14.4. The van der Waals surface area contributed by atoms with Crippen LogP contribution < -0.4 is 5.32 Å². The van der Waals surface area contributed by atoms with Crippen molar-refractivity contribution in [2.24, 2.45) is 0 Å². The van der Waals surface area contributed by atoms with Crippen LogP contribution in [0.5, 0.6) is 0 Å². The molecule has 1 N–H and O–H groups in total. The van der Waals surface area contributed by atoms with E-state index in [9.17, 15) is 23.3 Å². The van der Waals surface area contributed by atoms with Gasteiger partial charge in [0.2, 0.25) is 0 Å². The zero-order chi connectivity index (χ0) is 20.5. The Morgan fingerprint density at radius 1 is 1.25 bits per heavy atom. The third-order valence-electron chi connectivity index (χ3n) is 3.81. The van der Waals surface area contributed by atoms with Crippen molar-refractivity contribution in [3.63, 3.8) is 0 Å². The number of nitrogens with one attached hydrogen (secondary N) is 1. The standard InChI is InChI=1S/C17H13ClN4O5S/c1-28(26,27)16-5-2-11(8-15(16)22(24)25)17(23)20-12-3-4-14(13(18)9-12)21-7-6-19-10-21/h2-10H,1H3,(H,20,23). The van der Waals surface area contributed by atoms with Gasteiger partial charge in [-0.3, -0.25) is 14.9 Å². The molecule has 11 heteroatoms. The van der Waals surface area contributed by atoms with E-state index in [1.807, 2.05) is 0 Å². The van der Waals surface area contributed by atoms with Crippen LogP contribution in [-0.2, 0) is 9.84 Å². The topological polar surface area (TPSA) is 124 Å². The highest BCUT2D eigenvalue weighted by molar-refractivity contribution is 7.90. The van der Waals surface area contributed by atoms with Crippen molar-refractivity contribution in [3.05, 3.63) is 75.8 Å². The van der Waals surface area contributed by atoms with E-state index in [1.165, 1.54) is 12.1 Å². The fourth-order valence-corrected chi connectivity index (χ4v) is 3.62. The molecule has 0 bridgehead atoms. The van der Waals surface area contributed by atoms with Crippen molar-refractivity contribution in [1.29, 1.82) is 0 Å². The molecule has 9 nitrogen and oxygen atoms in total. The summed E-state index contributed by atoms with van der Waals surface area (Å²) in [4.78, 5) is 26.2. The molecule has 0 saturated carbocycles. The molecule has 0 aliphatic heterocycles. The van der Waals surface area contributed by atoms with Gasteiger partial charge < -0.3 is 9.88 Å². The molecular weight excluding hydrogens is 408 g/mol. The molecule has 0 aliphatic carbocycles. The van der Waals surface area contributed by atoms with E-state index in [1.54, 1.807) is 35.4 Å². The molecule has 0 unspecified atom stereocenters. The van der Waals surface area contributed by atoms with Crippen LogP contribution in [0.1, 0.15) is 10.4 Å². The minimum absolute atomic E-state index is 0.0612. The molecule has 3 aromatic rings. The Balaban J connectivity index is 1.88. The number of rotatable bonds is 5. The van der Waals surface area contributed by atoms with Gasteiger partial charge in [0, 0.05) is 36.0 Å². The maximum absolute atomic E-state index is 12.4. The van der Waals surface area contributed by atoms with Gasteiger partial charge in [0.25, 0.3) is 11.6 Å². The van der Waals surface area contributed by atoms with Gasteiger partial charge >= 0.3 is 0 Å². The Morgan fingerprint density at radius 2 is 2.00 bits per heavy atom. The van der Waals surface area contributed by atoms with Crippen molar-refractivity contribution in [2.75, 3.05) is 11.6 Å². The van der Waals surface area contributed by atoms with Crippen LogP contribution in [-0.4, -0.2) is 35.1 Å². The summed E-state index contributed by atoms with van der Waals surface area (Å²) in [6.07, 6.45) is 5.74. The summed E-state index contributed by atoms with van der Waals surface area (Å²) in [5.41, 5.74) is 0.302. The molecule has 0 spiro atoms. The fourth-order valence-electron chi connectivity index (χ4n) is 2.51. The first-order valence-corrected chi connectivity index (χ1v) is 10.0. The van der Waals surface area contributed by atoms with Gasteiger partial charge in [-0.15, -0.1) is 0 Å². The third-order valence-corrected chi connectivity index (χ3v) is 5.25. The van der Waals surface area contributed by atoms with Gasteiger partial charge in [-0.2, -0.15) is 0 Å². The third kappa shape index (κ3) is 4.02. The molecule has 1 aromatic heterocycles. The van der Waals surface area contributed by atoms with Crippen LogP contribution in [0.3, 0.4) is 0 Å². The Kier molecular flexibility index (Phi) is 5.16. The predicted octanol–water partition coefficient (Wildman–Crippen LogP) is 3.09. The zero-order valence-corrected chi connectivity index (χ0v) is 15.9. The van der Waals surface area contributed by atoms with E-state index in [0.717, 1.165) is 18.4 Å². The summed E-state index contributed by atoms with van der Waals surface area (Å²) in [5.74, 6) is -0.644. The van der Waals surface area contributed by atoms with E-state index < -0.39 is 31.3 Å². The highest BCUT2D eigenvalue weighted by Crippen LogP contribution is 2.27. The van der Waals surface area contributed by atoms with Crippen molar-refractivity contribution in [1.82, 2.24) is 9.55 Å². The van der Waals surface area contributed by atoms with Gasteiger partial charge in [-0.05, 0) is 30.3 Å². The highest BCUT2D eigenvalue weighted by atomic mass is 35.5. The average molecular weight is 421 g/mol. The maximum Gasteiger partial charge on any atom is 0.288 e.